The number of pyridine rings is 1. The first-order chi connectivity index (χ1) is 12.4. The number of ketones is 1. The second-order valence-corrected chi connectivity index (χ2v) is 7.51. The van der Waals surface area contributed by atoms with Gasteiger partial charge in [0.05, 0.1) is 11.2 Å². The van der Waals surface area contributed by atoms with Crippen molar-refractivity contribution in [1.29, 1.82) is 0 Å². The molecule has 2 aromatic carbocycles. The van der Waals surface area contributed by atoms with Crippen molar-refractivity contribution >= 4 is 39.1 Å². The zero-order chi connectivity index (χ0) is 18.7. The summed E-state index contributed by atoms with van der Waals surface area (Å²) in [5, 5.41) is -0.00505. The minimum atomic E-state index is -4.13. The monoisotopic (exact) mass is 407 g/mol. The van der Waals surface area contributed by atoms with E-state index in [9.17, 15) is 13.2 Å². The highest BCUT2D eigenvalue weighted by molar-refractivity contribution is 7.87. The molecule has 0 saturated heterocycles. The van der Waals surface area contributed by atoms with Crippen LogP contribution in [0.4, 0.5) is 0 Å². The van der Waals surface area contributed by atoms with Crippen LogP contribution in [0, 0.1) is 0 Å². The van der Waals surface area contributed by atoms with E-state index < -0.39 is 10.1 Å². The summed E-state index contributed by atoms with van der Waals surface area (Å²) in [5.74, 6) is -0.116. The van der Waals surface area contributed by atoms with Crippen LogP contribution in [0.5, 0.6) is 5.75 Å². The molecule has 0 bridgehead atoms. The van der Waals surface area contributed by atoms with Gasteiger partial charge in [-0.25, -0.2) is 4.98 Å². The first-order valence-electron chi connectivity index (χ1n) is 7.32. The maximum Gasteiger partial charge on any atom is 0.340 e. The van der Waals surface area contributed by atoms with E-state index in [1.165, 1.54) is 24.3 Å². The molecule has 0 amide bonds. The average Bonchev–Trinajstić information content (AvgIpc) is 2.64. The predicted octanol–water partition coefficient (Wildman–Crippen LogP) is 4.39. The van der Waals surface area contributed by atoms with Crippen molar-refractivity contribution in [1.82, 2.24) is 4.98 Å². The number of rotatable bonds is 5. The molecule has 132 valence electrons. The summed E-state index contributed by atoms with van der Waals surface area (Å²) >= 11 is 11.5. The zero-order valence-corrected chi connectivity index (χ0v) is 15.4. The van der Waals surface area contributed by atoms with Crippen LogP contribution in [-0.2, 0) is 10.1 Å². The topological polar surface area (TPSA) is 73.3 Å². The molecule has 0 aliphatic heterocycles. The lowest BCUT2D eigenvalue weighted by Gasteiger charge is -2.08. The smallest absolute Gasteiger partial charge is 0.340 e. The number of nitrogens with zero attached hydrogens (tertiary/aromatic N) is 1. The molecule has 5 nitrogen and oxygen atoms in total. The maximum absolute atomic E-state index is 12.3. The molecule has 26 heavy (non-hydrogen) atoms. The normalized spacial score (nSPS) is 11.2. The van der Waals surface area contributed by atoms with E-state index in [0.717, 1.165) is 12.3 Å². The van der Waals surface area contributed by atoms with Crippen LogP contribution in [0.25, 0.3) is 0 Å². The lowest BCUT2D eigenvalue weighted by Crippen LogP contribution is -2.10. The van der Waals surface area contributed by atoms with Gasteiger partial charge in [-0.2, -0.15) is 8.42 Å². The molecular formula is C18H11Cl2NO4S. The Morgan fingerprint density at radius 1 is 0.923 bits per heavy atom. The molecule has 0 fully saturated rings. The minimum Gasteiger partial charge on any atom is -0.379 e. The molecule has 0 atom stereocenters. The fraction of sp³-hybridized carbons (Fsp3) is 0. The Bertz CT molecular complexity index is 1050. The first kappa shape index (κ1) is 18.4. The van der Waals surface area contributed by atoms with E-state index in [1.54, 1.807) is 24.3 Å². The van der Waals surface area contributed by atoms with E-state index >= 15 is 0 Å². The molecule has 0 unspecified atom stereocenters. The molecule has 0 saturated carbocycles. The summed E-state index contributed by atoms with van der Waals surface area (Å²) in [6.45, 7) is 0. The van der Waals surface area contributed by atoms with E-state index in [2.05, 4.69) is 4.98 Å². The van der Waals surface area contributed by atoms with Crippen LogP contribution < -0.4 is 4.18 Å². The van der Waals surface area contributed by atoms with Crippen molar-refractivity contribution in [2.75, 3.05) is 0 Å². The standard InChI is InChI=1S/C18H11Cl2NO4S/c19-16-10-15(11-21-18(16)20)26(23,24)25-14-8-6-13(7-9-14)17(22)12-4-2-1-3-5-12/h1-11H. The highest BCUT2D eigenvalue weighted by Crippen LogP contribution is 2.25. The molecule has 0 N–H and O–H groups in total. The van der Waals surface area contributed by atoms with Crippen LogP contribution in [0.1, 0.15) is 15.9 Å². The molecular weight excluding hydrogens is 397 g/mol. The number of carbonyl (C=O) groups is 1. The van der Waals surface area contributed by atoms with Crippen molar-refractivity contribution in [2.45, 2.75) is 4.90 Å². The van der Waals surface area contributed by atoms with Gasteiger partial charge in [0.25, 0.3) is 0 Å². The zero-order valence-electron chi connectivity index (χ0n) is 13.1. The van der Waals surface area contributed by atoms with Crippen LogP contribution in [-0.4, -0.2) is 19.2 Å². The Kier molecular flexibility index (Phi) is 5.27. The van der Waals surface area contributed by atoms with Crippen LogP contribution in [0.15, 0.2) is 71.8 Å². The lowest BCUT2D eigenvalue weighted by molar-refractivity contribution is 0.103. The van der Waals surface area contributed by atoms with E-state index in [4.69, 9.17) is 27.4 Å². The third kappa shape index (κ3) is 4.04. The number of halogens is 2. The summed E-state index contributed by atoms with van der Waals surface area (Å²) in [5.41, 5.74) is 0.952. The van der Waals surface area contributed by atoms with E-state index in [0.29, 0.717) is 11.1 Å². The molecule has 3 aromatic rings. The first-order valence-corrected chi connectivity index (χ1v) is 9.48. The van der Waals surface area contributed by atoms with Crippen LogP contribution >= 0.6 is 23.2 Å². The fourth-order valence-corrected chi connectivity index (χ4v) is 3.37. The Labute approximate surface area is 160 Å². The number of hydrogen-bond acceptors (Lipinski definition) is 5. The van der Waals surface area contributed by atoms with Gasteiger partial charge in [-0.3, -0.25) is 4.79 Å². The molecule has 1 aromatic heterocycles. The highest BCUT2D eigenvalue weighted by atomic mass is 35.5. The SMILES string of the molecule is O=C(c1ccccc1)c1ccc(OS(=O)(=O)c2cnc(Cl)c(Cl)c2)cc1. The second-order valence-electron chi connectivity index (χ2n) is 5.20. The van der Waals surface area contributed by atoms with Gasteiger partial charge in [-0.15, -0.1) is 0 Å². The third-order valence-corrected chi connectivity index (χ3v) is 5.32. The molecule has 8 heteroatoms. The summed E-state index contributed by atoms with van der Waals surface area (Å²) in [7, 11) is -4.13. The average molecular weight is 408 g/mol. The van der Waals surface area contributed by atoms with Gasteiger partial charge >= 0.3 is 10.1 Å². The minimum absolute atomic E-state index is 0.000136. The number of hydrogen-bond donors (Lipinski definition) is 0. The summed E-state index contributed by atoms with van der Waals surface area (Å²) in [6, 6.07) is 15.7. The van der Waals surface area contributed by atoms with Crippen LogP contribution in [0.3, 0.4) is 0 Å². The molecule has 0 spiro atoms. The Morgan fingerprint density at radius 3 is 2.15 bits per heavy atom. The Balaban J connectivity index is 1.80. The van der Waals surface area contributed by atoms with Gasteiger partial charge in [-0.05, 0) is 30.3 Å². The van der Waals surface area contributed by atoms with E-state index in [1.807, 2.05) is 6.07 Å². The van der Waals surface area contributed by atoms with Gasteiger partial charge in [0.2, 0.25) is 0 Å². The second kappa shape index (κ2) is 7.45. The summed E-state index contributed by atoms with van der Waals surface area (Å²) < 4.78 is 29.6. The quantitative estimate of drug-likeness (QED) is 0.356. The molecule has 1 heterocycles. The molecule has 0 aliphatic rings. The predicted molar refractivity (Wildman–Crippen MR) is 98.4 cm³/mol. The Hall–Kier alpha value is -2.41. The number of carbonyl (C=O) groups excluding carboxylic acids is 1. The summed E-state index contributed by atoms with van der Waals surface area (Å²) in [6.07, 6.45) is 1.05. The van der Waals surface area contributed by atoms with Gasteiger partial charge in [-0.1, -0.05) is 53.5 Å². The molecule has 0 radical (unpaired) electrons. The van der Waals surface area contributed by atoms with Gasteiger partial charge in [0.15, 0.2) is 5.78 Å². The lowest BCUT2D eigenvalue weighted by atomic mass is 10.0. The van der Waals surface area contributed by atoms with Crippen molar-refractivity contribution in [3.63, 3.8) is 0 Å². The maximum atomic E-state index is 12.3. The van der Waals surface area contributed by atoms with Crippen molar-refractivity contribution in [2.24, 2.45) is 0 Å². The summed E-state index contributed by atoms with van der Waals surface area (Å²) in [4.78, 5) is 15.8. The van der Waals surface area contributed by atoms with Crippen molar-refractivity contribution < 1.29 is 17.4 Å². The number of aromatic nitrogens is 1. The fourth-order valence-electron chi connectivity index (χ4n) is 2.13. The molecule has 0 aliphatic carbocycles. The largest absolute Gasteiger partial charge is 0.379 e. The van der Waals surface area contributed by atoms with Crippen molar-refractivity contribution in [3.8, 4) is 5.75 Å². The van der Waals surface area contributed by atoms with Crippen LogP contribution in [0.2, 0.25) is 10.2 Å². The van der Waals surface area contributed by atoms with Gasteiger partial charge in [0, 0.05) is 11.1 Å². The van der Waals surface area contributed by atoms with Crippen molar-refractivity contribution in [3.05, 3.63) is 88.2 Å². The highest BCUT2D eigenvalue weighted by Gasteiger charge is 2.19. The van der Waals surface area contributed by atoms with Gasteiger partial charge < -0.3 is 4.18 Å². The Morgan fingerprint density at radius 2 is 1.54 bits per heavy atom. The number of benzene rings is 2. The third-order valence-electron chi connectivity index (χ3n) is 3.42. The van der Waals surface area contributed by atoms with E-state index in [-0.39, 0.29) is 26.6 Å². The molecule has 3 rings (SSSR count). The van der Waals surface area contributed by atoms with Gasteiger partial charge in [0.1, 0.15) is 15.8 Å².